The molecule has 0 saturated carbocycles. The molecule has 0 aromatic carbocycles. The Morgan fingerprint density at radius 1 is 1.44 bits per heavy atom. The highest BCUT2D eigenvalue weighted by atomic mass is 19.4. The van der Waals surface area contributed by atoms with E-state index in [1.54, 1.807) is 0 Å². The lowest BCUT2D eigenvalue weighted by atomic mass is 10.2. The number of halogens is 3. The Hall–Kier alpha value is -1.24. The van der Waals surface area contributed by atoms with Crippen molar-refractivity contribution in [2.45, 2.75) is 31.7 Å². The molecule has 0 amide bonds. The van der Waals surface area contributed by atoms with Gasteiger partial charge in [0.25, 0.3) is 0 Å². The Kier molecular flexibility index (Phi) is 2.79. The van der Waals surface area contributed by atoms with Gasteiger partial charge in [0.05, 0.1) is 0 Å². The highest BCUT2D eigenvalue weighted by Crippen LogP contribution is 2.33. The lowest BCUT2D eigenvalue weighted by Gasteiger charge is -2.23. The van der Waals surface area contributed by atoms with Crippen LogP contribution in [0.3, 0.4) is 0 Å². The maximum Gasteiger partial charge on any atom is 0.435 e. The van der Waals surface area contributed by atoms with Crippen LogP contribution in [0.25, 0.3) is 0 Å². The molecule has 0 aliphatic carbocycles. The van der Waals surface area contributed by atoms with Crippen LogP contribution in [0.4, 0.5) is 13.2 Å². The van der Waals surface area contributed by atoms with E-state index in [0.717, 1.165) is 17.5 Å². The normalized spacial score (nSPS) is 22.3. The predicted octanol–water partition coefficient (Wildman–Crippen LogP) is 2.31. The number of hydrogen-bond acceptors (Lipinski definition) is 3. The maximum absolute atomic E-state index is 12.3. The van der Waals surface area contributed by atoms with E-state index in [2.05, 4.69) is 5.10 Å². The molecule has 1 aliphatic rings. The minimum Gasteiger partial charge on any atom is -0.493 e. The fourth-order valence-electron chi connectivity index (χ4n) is 1.65. The van der Waals surface area contributed by atoms with E-state index < -0.39 is 24.0 Å². The Morgan fingerprint density at radius 3 is 2.69 bits per heavy atom. The number of aromatic hydroxyl groups is 1. The maximum atomic E-state index is 12.3. The summed E-state index contributed by atoms with van der Waals surface area (Å²) in [5.41, 5.74) is -1.10. The van der Waals surface area contributed by atoms with Gasteiger partial charge in [-0.25, -0.2) is 4.68 Å². The van der Waals surface area contributed by atoms with Crippen molar-refractivity contribution in [1.82, 2.24) is 9.78 Å². The van der Waals surface area contributed by atoms with E-state index >= 15 is 0 Å². The van der Waals surface area contributed by atoms with E-state index in [9.17, 15) is 18.3 Å². The van der Waals surface area contributed by atoms with E-state index in [1.807, 2.05) is 0 Å². The van der Waals surface area contributed by atoms with Crippen LogP contribution >= 0.6 is 0 Å². The van der Waals surface area contributed by atoms with Crippen molar-refractivity contribution >= 4 is 0 Å². The minimum absolute atomic E-state index is 0.477. The van der Waals surface area contributed by atoms with Gasteiger partial charge in [-0.15, -0.1) is 0 Å². The van der Waals surface area contributed by atoms with Gasteiger partial charge in [0, 0.05) is 12.7 Å². The summed E-state index contributed by atoms with van der Waals surface area (Å²) in [6.45, 7) is 0.477. The first-order valence-corrected chi connectivity index (χ1v) is 4.96. The van der Waals surface area contributed by atoms with E-state index in [4.69, 9.17) is 4.74 Å². The molecule has 90 valence electrons. The second kappa shape index (κ2) is 3.97. The summed E-state index contributed by atoms with van der Waals surface area (Å²) in [6, 6.07) is 0.609. The van der Waals surface area contributed by atoms with Crippen molar-refractivity contribution in [3.05, 3.63) is 11.8 Å². The number of hydrogen-bond donors (Lipinski definition) is 1. The van der Waals surface area contributed by atoms with Crippen LogP contribution in [0.2, 0.25) is 0 Å². The smallest absolute Gasteiger partial charge is 0.435 e. The molecule has 2 heterocycles. The molecule has 0 bridgehead atoms. The summed E-state index contributed by atoms with van der Waals surface area (Å²) in [5.74, 6) is -0.515. The molecule has 1 unspecified atom stereocenters. The standard InChI is InChI=1S/C9H11F3N2O2/c10-9(11,12)6-5-7(15)14(13-6)8-3-1-2-4-16-8/h5,8,15H,1-4H2. The molecule has 1 aromatic heterocycles. The topological polar surface area (TPSA) is 47.3 Å². The van der Waals surface area contributed by atoms with Crippen molar-refractivity contribution in [1.29, 1.82) is 0 Å². The number of alkyl halides is 3. The molecule has 1 aliphatic heterocycles. The van der Waals surface area contributed by atoms with Crippen LogP contribution in [0.1, 0.15) is 31.2 Å². The summed E-state index contributed by atoms with van der Waals surface area (Å²) < 4.78 is 43.1. The molecule has 1 N–H and O–H groups in total. The third kappa shape index (κ3) is 2.13. The van der Waals surface area contributed by atoms with Gasteiger partial charge in [-0.3, -0.25) is 0 Å². The van der Waals surface area contributed by atoms with Crippen molar-refractivity contribution in [2.24, 2.45) is 0 Å². The average molecular weight is 236 g/mol. The largest absolute Gasteiger partial charge is 0.493 e. The van der Waals surface area contributed by atoms with Crippen LogP contribution in [0.15, 0.2) is 6.07 Å². The van der Waals surface area contributed by atoms with E-state index in [-0.39, 0.29) is 0 Å². The van der Waals surface area contributed by atoms with Gasteiger partial charge in [0.2, 0.25) is 5.88 Å². The SMILES string of the molecule is Oc1cc(C(F)(F)F)nn1C1CCCCO1. The lowest BCUT2D eigenvalue weighted by molar-refractivity contribution is -0.142. The van der Waals surface area contributed by atoms with Crippen molar-refractivity contribution in [2.75, 3.05) is 6.61 Å². The van der Waals surface area contributed by atoms with Gasteiger partial charge in [0.1, 0.15) is 0 Å². The van der Waals surface area contributed by atoms with Crippen LogP contribution in [-0.4, -0.2) is 21.5 Å². The third-order valence-corrected chi connectivity index (χ3v) is 2.43. The minimum atomic E-state index is -4.54. The monoisotopic (exact) mass is 236 g/mol. The average Bonchev–Trinajstić information content (AvgIpc) is 2.61. The second-order valence-electron chi connectivity index (χ2n) is 3.65. The molecule has 1 saturated heterocycles. The van der Waals surface area contributed by atoms with Crippen LogP contribution < -0.4 is 0 Å². The zero-order valence-corrected chi connectivity index (χ0v) is 8.37. The first-order chi connectivity index (χ1) is 7.48. The Morgan fingerprint density at radius 2 is 2.19 bits per heavy atom. The quantitative estimate of drug-likeness (QED) is 0.813. The molecule has 7 heteroatoms. The Balaban J connectivity index is 2.24. The third-order valence-electron chi connectivity index (χ3n) is 2.43. The zero-order valence-electron chi connectivity index (χ0n) is 8.37. The summed E-state index contributed by atoms with van der Waals surface area (Å²) >= 11 is 0. The van der Waals surface area contributed by atoms with Gasteiger partial charge in [0.15, 0.2) is 11.9 Å². The number of nitrogens with zero attached hydrogens (tertiary/aromatic N) is 2. The molecule has 16 heavy (non-hydrogen) atoms. The summed E-state index contributed by atoms with van der Waals surface area (Å²) in [6.07, 6.45) is -2.84. The fraction of sp³-hybridized carbons (Fsp3) is 0.667. The van der Waals surface area contributed by atoms with Crippen LogP contribution in [-0.2, 0) is 10.9 Å². The Labute approximate surface area is 89.6 Å². The summed E-state index contributed by atoms with van der Waals surface area (Å²) in [7, 11) is 0. The van der Waals surface area contributed by atoms with Gasteiger partial charge >= 0.3 is 6.18 Å². The van der Waals surface area contributed by atoms with Gasteiger partial charge < -0.3 is 9.84 Å². The predicted molar refractivity (Wildman–Crippen MR) is 47.7 cm³/mol. The number of aromatic nitrogens is 2. The second-order valence-corrected chi connectivity index (χ2v) is 3.65. The molecule has 1 aromatic rings. The molecular weight excluding hydrogens is 225 g/mol. The molecule has 0 radical (unpaired) electrons. The molecule has 1 atom stereocenters. The van der Waals surface area contributed by atoms with Crippen molar-refractivity contribution < 1.29 is 23.0 Å². The van der Waals surface area contributed by atoms with Gasteiger partial charge in [-0.1, -0.05) is 0 Å². The number of rotatable bonds is 1. The Bertz CT molecular complexity index is 369. The summed E-state index contributed by atoms with van der Waals surface area (Å²) in [5, 5.41) is 12.7. The van der Waals surface area contributed by atoms with E-state index in [0.29, 0.717) is 19.1 Å². The zero-order chi connectivity index (χ0) is 11.8. The first-order valence-electron chi connectivity index (χ1n) is 4.96. The highest BCUT2D eigenvalue weighted by molar-refractivity contribution is 5.17. The van der Waals surface area contributed by atoms with Gasteiger partial charge in [-0.05, 0) is 19.3 Å². The number of ether oxygens (including phenoxy) is 1. The highest BCUT2D eigenvalue weighted by Gasteiger charge is 2.36. The van der Waals surface area contributed by atoms with Crippen LogP contribution in [0.5, 0.6) is 5.88 Å². The molecule has 2 rings (SSSR count). The van der Waals surface area contributed by atoms with Crippen LogP contribution in [0, 0.1) is 0 Å². The molecule has 4 nitrogen and oxygen atoms in total. The van der Waals surface area contributed by atoms with Crippen molar-refractivity contribution in [3.63, 3.8) is 0 Å². The lowest BCUT2D eigenvalue weighted by Crippen LogP contribution is -2.19. The first kappa shape index (κ1) is 11.3. The van der Waals surface area contributed by atoms with E-state index in [1.165, 1.54) is 0 Å². The van der Waals surface area contributed by atoms with Gasteiger partial charge in [-0.2, -0.15) is 18.3 Å². The molecule has 0 spiro atoms. The molecular formula is C9H11F3N2O2. The summed E-state index contributed by atoms with van der Waals surface area (Å²) in [4.78, 5) is 0. The van der Waals surface area contributed by atoms with Crippen molar-refractivity contribution in [3.8, 4) is 5.88 Å². The molecule has 1 fully saturated rings. The fourth-order valence-corrected chi connectivity index (χ4v) is 1.65.